The van der Waals surface area contributed by atoms with Crippen molar-refractivity contribution in [1.29, 1.82) is 0 Å². The van der Waals surface area contributed by atoms with Crippen LogP contribution < -0.4 is 0 Å². The quantitative estimate of drug-likeness (QED) is 0.157. The highest BCUT2D eigenvalue weighted by atomic mass is 14.8. The molecule has 0 fully saturated rings. The Kier molecular flexibility index (Phi) is 12.9. The van der Waals surface area contributed by atoms with Gasteiger partial charge in [0.25, 0.3) is 0 Å². The minimum atomic E-state index is -0.0287. The second kappa shape index (κ2) is 16.2. The second-order valence-electron chi connectivity index (χ2n) is 9.31. The number of benzene rings is 2. The predicted octanol–water partition coefficient (Wildman–Crippen LogP) is 9.80. The maximum absolute atomic E-state index is 4.52. The normalized spacial score (nSPS) is 12.7. The van der Waals surface area contributed by atoms with Crippen LogP contribution in [0.4, 0.5) is 0 Å². The van der Waals surface area contributed by atoms with Gasteiger partial charge < -0.3 is 4.98 Å². The lowest BCUT2D eigenvalue weighted by Gasteiger charge is -2.12. The van der Waals surface area contributed by atoms with E-state index in [1.54, 1.807) is 0 Å². The van der Waals surface area contributed by atoms with Crippen molar-refractivity contribution in [2.45, 2.75) is 66.3 Å². The van der Waals surface area contributed by atoms with Crippen LogP contribution in [0.25, 0.3) is 5.57 Å². The first-order valence-electron chi connectivity index (χ1n) is 13.4. The molecule has 0 aliphatic rings. The molecule has 1 N–H and O–H groups in total. The molecule has 3 aromatic rings. The average Bonchev–Trinajstić information content (AvgIpc) is 3.35. The van der Waals surface area contributed by atoms with Crippen molar-refractivity contribution in [3.05, 3.63) is 137 Å². The molecule has 1 heterocycles. The molecule has 0 amide bonds. The summed E-state index contributed by atoms with van der Waals surface area (Å²) in [4.78, 5) is 7.97. The van der Waals surface area contributed by atoms with Crippen LogP contribution in [0.3, 0.4) is 0 Å². The van der Waals surface area contributed by atoms with Gasteiger partial charge in [-0.3, -0.25) is 4.99 Å². The number of nitrogens with one attached hydrogen (secondary N) is 1. The Labute approximate surface area is 225 Å². The molecule has 1 atom stereocenters. The zero-order valence-corrected chi connectivity index (χ0v) is 23.4. The zero-order valence-electron chi connectivity index (χ0n) is 23.4. The molecule has 0 spiro atoms. The minimum absolute atomic E-state index is 0.0287. The highest BCUT2D eigenvalue weighted by Crippen LogP contribution is 2.26. The number of aliphatic imine (C=N–C) groups is 1. The molecule has 2 aromatic carbocycles. The molecule has 3 rings (SSSR count). The molecular weight excluding hydrogens is 448 g/mol. The van der Waals surface area contributed by atoms with Crippen molar-refractivity contribution in [2.24, 2.45) is 4.99 Å². The fourth-order valence-electron chi connectivity index (χ4n) is 4.09. The van der Waals surface area contributed by atoms with Gasteiger partial charge >= 0.3 is 0 Å². The lowest BCUT2D eigenvalue weighted by molar-refractivity contribution is 0.919. The van der Waals surface area contributed by atoms with Gasteiger partial charge in [0.05, 0.1) is 6.04 Å². The molecule has 2 heteroatoms. The molecule has 0 aliphatic heterocycles. The Hall–Kier alpha value is -3.65. The average molecular weight is 493 g/mol. The largest absolute Gasteiger partial charge is 0.365 e. The Bertz CT molecular complexity index is 1200. The van der Waals surface area contributed by atoms with Crippen molar-refractivity contribution in [1.82, 2.24) is 4.98 Å². The van der Waals surface area contributed by atoms with Crippen molar-refractivity contribution in [2.75, 3.05) is 0 Å². The van der Waals surface area contributed by atoms with Gasteiger partial charge in [-0.1, -0.05) is 99.2 Å². The van der Waals surface area contributed by atoms with Crippen molar-refractivity contribution in [3.8, 4) is 0 Å². The Morgan fingerprint density at radius 2 is 1.78 bits per heavy atom. The van der Waals surface area contributed by atoms with Gasteiger partial charge in [0, 0.05) is 11.9 Å². The van der Waals surface area contributed by atoms with Crippen molar-refractivity contribution < 1.29 is 0 Å². The van der Waals surface area contributed by atoms with Crippen LogP contribution in [-0.4, -0.2) is 11.2 Å². The third kappa shape index (κ3) is 9.38. The number of hydrogen-bond donors (Lipinski definition) is 1. The van der Waals surface area contributed by atoms with Crippen molar-refractivity contribution in [3.63, 3.8) is 0 Å². The monoisotopic (exact) mass is 492 g/mol. The standard InChI is InChI=1S/C32H36N2.C3H8/c1-6-25(5)30(27-12-11-13-28(23-27)31(7-2)33-8-3)14-9-10-15-32-29(20-21-34-32)22-26-18-16-24(4)17-19-26;1-3-2/h6-9,11-14,16-21,23,31,34H,1-2,10,15,22H2,3-5H3;3H2,1-2H3/b14-9-,30-25-,33-8?;. The van der Waals surface area contributed by atoms with Gasteiger partial charge in [-0.05, 0) is 91.8 Å². The summed E-state index contributed by atoms with van der Waals surface area (Å²) < 4.78 is 0. The maximum atomic E-state index is 4.52. The second-order valence-corrected chi connectivity index (χ2v) is 9.31. The highest BCUT2D eigenvalue weighted by Gasteiger charge is 2.08. The molecule has 0 saturated carbocycles. The lowest BCUT2D eigenvalue weighted by atomic mass is 9.95. The van der Waals surface area contributed by atoms with Gasteiger partial charge in [-0.2, -0.15) is 0 Å². The molecule has 1 aromatic heterocycles. The number of aromatic amines is 1. The van der Waals surface area contributed by atoms with E-state index in [-0.39, 0.29) is 6.04 Å². The zero-order chi connectivity index (χ0) is 27.0. The highest BCUT2D eigenvalue weighted by molar-refractivity contribution is 5.78. The summed E-state index contributed by atoms with van der Waals surface area (Å²) in [5.41, 5.74) is 9.97. The SMILES string of the molecule is C=C/C(C)=C(/C=C\CCc1[nH]ccc1Cc1ccc(C)cc1)c1cccc(C(C=C)N=CC)c1.CCC. The molecule has 2 nitrogen and oxygen atoms in total. The summed E-state index contributed by atoms with van der Waals surface area (Å²) in [6.45, 7) is 18.4. The minimum Gasteiger partial charge on any atom is -0.365 e. The van der Waals surface area contributed by atoms with Crippen LogP contribution in [0.1, 0.15) is 80.1 Å². The topological polar surface area (TPSA) is 28.1 Å². The van der Waals surface area contributed by atoms with Gasteiger partial charge in [0.1, 0.15) is 0 Å². The van der Waals surface area contributed by atoms with Crippen LogP contribution in [0.15, 0.2) is 109 Å². The van der Waals surface area contributed by atoms with E-state index < -0.39 is 0 Å². The lowest BCUT2D eigenvalue weighted by Crippen LogP contribution is -1.95. The van der Waals surface area contributed by atoms with Crippen molar-refractivity contribution >= 4 is 11.8 Å². The fourth-order valence-corrected chi connectivity index (χ4v) is 4.09. The van der Waals surface area contributed by atoms with E-state index in [9.17, 15) is 0 Å². The van der Waals surface area contributed by atoms with Crippen LogP contribution in [0, 0.1) is 6.92 Å². The summed E-state index contributed by atoms with van der Waals surface area (Å²) in [6.07, 6.45) is 16.3. The van der Waals surface area contributed by atoms with E-state index in [2.05, 4.69) is 124 Å². The van der Waals surface area contributed by atoms with E-state index >= 15 is 0 Å². The third-order valence-corrected chi connectivity index (χ3v) is 6.09. The first-order valence-corrected chi connectivity index (χ1v) is 13.4. The number of hydrogen-bond acceptors (Lipinski definition) is 1. The third-order valence-electron chi connectivity index (χ3n) is 6.09. The molecule has 0 bridgehead atoms. The fraction of sp³-hybridized carbons (Fsp3) is 0.286. The summed E-state index contributed by atoms with van der Waals surface area (Å²) in [7, 11) is 0. The van der Waals surface area contributed by atoms with E-state index in [0.717, 1.165) is 30.4 Å². The molecule has 0 aliphatic carbocycles. The predicted molar refractivity (Wildman–Crippen MR) is 165 cm³/mol. The van der Waals surface area contributed by atoms with Crippen LogP contribution in [0.5, 0.6) is 0 Å². The van der Waals surface area contributed by atoms with Gasteiger partial charge in [-0.25, -0.2) is 0 Å². The van der Waals surface area contributed by atoms with Crippen LogP contribution in [-0.2, 0) is 12.8 Å². The molecule has 0 radical (unpaired) electrons. The number of aromatic nitrogens is 1. The first-order chi connectivity index (χ1) is 18.0. The van der Waals surface area contributed by atoms with E-state index in [1.807, 2.05) is 25.3 Å². The number of aryl methyl sites for hydroxylation is 2. The Morgan fingerprint density at radius 3 is 2.43 bits per heavy atom. The van der Waals surface area contributed by atoms with Gasteiger partial charge in [0.2, 0.25) is 0 Å². The van der Waals surface area contributed by atoms with Gasteiger partial charge in [0.15, 0.2) is 0 Å². The molecule has 37 heavy (non-hydrogen) atoms. The molecule has 0 saturated heterocycles. The maximum Gasteiger partial charge on any atom is 0.0923 e. The summed E-state index contributed by atoms with van der Waals surface area (Å²) in [5.74, 6) is 0. The molecule has 194 valence electrons. The first kappa shape index (κ1) is 29.6. The van der Waals surface area contributed by atoms with Crippen LogP contribution >= 0.6 is 0 Å². The van der Waals surface area contributed by atoms with Gasteiger partial charge in [-0.15, -0.1) is 6.58 Å². The Balaban J connectivity index is 0.00000153. The van der Waals surface area contributed by atoms with E-state index in [4.69, 9.17) is 0 Å². The Morgan fingerprint density at radius 1 is 1.05 bits per heavy atom. The molecule has 1 unspecified atom stereocenters. The number of allylic oxidation sites excluding steroid dienone is 5. The molecular formula is C35H44N2. The summed E-state index contributed by atoms with van der Waals surface area (Å²) >= 11 is 0. The number of nitrogens with zero attached hydrogens (tertiary/aromatic N) is 1. The van der Waals surface area contributed by atoms with E-state index in [0.29, 0.717) is 0 Å². The number of rotatable bonds is 11. The summed E-state index contributed by atoms with van der Waals surface area (Å²) in [6, 6.07) is 19.5. The van der Waals surface area contributed by atoms with Crippen LogP contribution in [0.2, 0.25) is 0 Å². The smallest absolute Gasteiger partial charge is 0.0923 e. The summed E-state index contributed by atoms with van der Waals surface area (Å²) in [5, 5.41) is 0. The van der Waals surface area contributed by atoms with E-state index in [1.165, 1.54) is 39.9 Å². The number of H-pyrrole nitrogens is 1.